The van der Waals surface area contributed by atoms with E-state index < -0.39 is 17.4 Å². The third kappa shape index (κ3) is 2.81. The smallest absolute Gasteiger partial charge is 0.334 e. The molecule has 0 aliphatic carbocycles. The van der Waals surface area contributed by atoms with Gasteiger partial charge in [0.15, 0.2) is 5.54 Å². The first-order valence-electron chi connectivity index (χ1n) is 6.66. The van der Waals surface area contributed by atoms with Crippen LogP contribution < -0.4 is 5.32 Å². The minimum atomic E-state index is -1.45. The van der Waals surface area contributed by atoms with E-state index in [-0.39, 0.29) is 6.42 Å². The maximum Gasteiger partial charge on any atom is 0.334 e. The normalized spacial score (nSPS) is 13.4. The molecule has 0 fully saturated rings. The van der Waals surface area contributed by atoms with Gasteiger partial charge < -0.3 is 14.8 Å². The summed E-state index contributed by atoms with van der Waals surface area (Å²) in [4.78, 5) is 24.1. The Morgan fingerprint density at radius 2 is 1.95 bits per heavy atom. The van der Waals surface area contributed by atoms with Crippen LogP contribution in [-0.2, 0) is 10.3 Å². The lowest BCUT2D eigenvalue weighted by Gasteiger charge is -2.29. The summed E-state index contributed by atoms with van der Waals surface area (Å²) in [5.74, 6) is -0.970. The van der Waals surface area contributed by atoms with Crippen LogP contribution in [0.3, 0.4) is 0 Å². The standard InChI is InChI=1S/C16H17NO4/c1-3-16(15(19)20,13-7-5-4-6-8-13)17-14(18)12-9-11(2)21-10-12/h4-10H,3H2,1-2H3,(H,17,18)(H,19,20). The number of carboxylic acids is 1. The summed E-state index contributed by atoms with van der Waals surface area (Å²) in [7, 11) is 0. The van der Waals surface area contributed by atoms with Crippen LogP contribution in [0.2, 0.25) is 0 Å². The van der Waals surface area contributed by atoms with Crippen molar-refractivity contribution in [2.24, 2.45) is 0 Å². The van der Waals surface area contributed by atoms with Gasteiger partial charge in [-0.1, -0.05) is 37.3 Å². The van der Waals surface area contributed by atoms with Gasteiger partial charge in [-0.2, -0.15) is 0 Å². The molecule has 1 unspecified atom stereocenters. The summed E-state index contributed by atoms with van der Waals surface area (Å²) in [6, 6.07) is 10.3. The molecule has 110 valence electrons. The van der Waals surface area contributed by atoms with Gasteiger partial charge in [0, 0.05) is 0 Å². The monoisotopic (exact) mass is 287 g/mol. The fraction of sp³-hybridized carbons (Fsp3) is 0.250. The molecule has 5 heteroatoms. The molecule has 2 rings (SSSR count). The molecule has 2 aromatic rings. The highest BCUT2D eigenvalue weighted by Crippen LogP contribution is 2.26. The summed E-state index contributed by atoms with van der Waals surface area (Å²) < 4.78 is 5.09. The highest BCUT2D eigenvalue weighted by Gasteiger charge is 2.40. The quantitative estimate of drug-likeness (QED) is 0.886. The molecule has 1 aromatic heterocycles. The van der Waals surface area contributed by atoms with Crippen LogP contribution in [0.5, 0.6) is 0 Å². The van der Waals surface area contributed by atoms with Crippen molar-refractivity contribution >= 4 is 11.9 Å². The number of carboxylic acid groups (broad SMARTS) is 1. The Kier molecular flexibility index (Phi) is 4.12. The summed E-state index contributed by atoms with van der Waals surface area (Å²) in [6.45, 7) is 3.44. The maximum atomic E-state index is 12.3. The minimum Gasteiger partial charge on any atom is -0.479 e. The molecule has 0 saturated heterocycles. The molecule has 1 atom stereocenters. The average Bonchev–Trinajstić information content (AvgIpc) is 2.92. The molecule has 1 heterocycles. The van der Waals surface area contributed by atoms with E-state index in [1.807, 2.05) is 0 Å². The lowest BCUT2D eigenvalue weighted by Crippen LogP contribution is -2.51. The Bertz CT molecular complexity index is 647. The maximum absolute atomic E-state index is 12.3. The molecule has 2 N–H and O–H groups in total. The number of hydrogen-bond acceptors (Lipinski definition) is 3. The number of rotatable bonds is 5. The van der Waals surface area contributed by atoms with E-state index in [4.69, 9.17) is 4.42 Å². The fourth-order valence-corrected chi connectivity index (χ4v) is 2.24. The molecular formula is C16H17NO4. The van der Waals surface area contributed by atoms with E-state index in [9.17, 15) is 14.7 Å². The fourth-order valence-electron chi connectivity index (χ4n) is 2.24. The van der Waals surface area contributed by atoms with Crippen molar-refractivity contribution in [3.63, 3.8) is 0 Å². The first-order valence-corrected chi connectivity index (χ1v) is 6.66. The van der Waals surface area contributed by atoms with Crippen molar-refractivity contribution in [2.45, 2.75) is 25.8 Å². The molecule has 21 heavy (non-hydrogen) atoms. The molecule has 1 amide bonds. The number of amides is 1. The third-order valence-electron chi connectivity index (χ3n) is 3.48. The minimum absolute atomic E-state index is 0.231. The van der Waals surface area contributed by atoms with Crippen LogP contribution in [0.25, 0.3) is 0 Å². The molecule has 0 saturated carbocycles. The Labute approximate surface area is 122 Å². The molecule has 1 aromatic carbocycles. The molecule has 5 nitrogen and oxygen atoms in total. The van der Waals surface area contributed by atoms with Crippen LogP contribution in [0.15, 0.2) is 47.1 Å². The lowest BCUT2D eigenvalue weighted by atomic mass is 9.87. The van der Waals surface area contributed by atoms with Gasteiger partial charge in [-0.3, -0.25) is 4.79 Å². The first-order chi connectivity index (χ1) is 9.99. The molecule has 0 radical (unpaired) electrons. The molecular weight excluding hydrogens is 270 g/mol. The van der Waals surface area contributed by atoms with Gasteiger partial charge in [0.25, 0.3) is 5.91 Å². The summed E-state index contributed by atoms with van der Waals surface area (Å²) in [5.41, 5.74) is -0.611. The van der Waals surface area contributed by atoms with Crippen LogP contribution in [0.1, 0.15) is 35.0 Å². The number of nitrogens with one attached hydrogen (secondary N) is 1. The SMILES string of the molecule is CCC(NC(=O)c1coc(C)c1)(C(=O)O)c1ccccc1. The van der Waals surface area contributed by atoms with E-state index in [1.165, 1.54) is 6.26 Å². The molecule has 0 aliphatic rings. The second-order valence-corrected chi connectivity index (χ2v) is 4.83. The Hall–Kier alpha value is -2.56. The molecule has 0 spiro atoms. The Balaban J connectivity index is 2.38. The van der Waals surface area contributed by atoms with Gasteiger partial charge in [-0.15, -0.1) is 0 Å². The van der Waals surface area contributed by atoms with Gasteiger partial charge in [0.05, 0.1) is 5.56 Å². The van der Waals surface area contributed by atoms with Gasteiger partial charge >= 0.3 is 5.97 Å². The van der Waals surface area contributed by atoms with Crippen molar-refractivity contribution in [1.29, 1.82) is 0 Å². The zero-order valence-corrected chi connectivity index (χ0v) is 11.9. The third-order valence-corrected chi connectivity index (χ3v) is 3.48. The average molecular weight is 287 g/mol. The highest BCUT2D eigenvalue weighted by atomic mass is 16.4. The van der Waals surface area contributed by atoms with Crippen molar-refractivity contribution < 1.29 is 19.1 Å². The van der Waals surface area contributed by atoms with Gasteiger partial charge in [-0.25, -0.2) is 4.79 Å². The zero-order chi connectivity index (χ0) is 15.5. The molecule has 0 aliphatic heterocycles. The Morgan fingerprint density at radius 3 is 2.43 bits per heavy atom. The van der Waals surface area contributed by atoms with Crippen molar-refractivity contribution in [3.05, 3.63) is 59.5 Å². The number of aliphatic carboxylic acids is 1. The van der Waals surface area contributed by atoms with Crippen LogP contribution in [0, 0.1) is 6.92 Å². The second kappa shape index (κ2) is 5.83. The van der Waals surface area contributed by atoms with E-state index in [0.29, 0.717) is 16.9 Å². The van der Waals surface area contributed by atoms with Crippen LogP contribution in [0.4, 0.5) is 0 Å². The largest absolute Gasteiger partial charge is 0.479 e. The van der Waals surface area contributed by atoms with Crippen LogP contribution >= 0.6 is 0 Å². The zero-order valence-electron chi connectivity index (χ0n) is 11.9. The van der Waals surface area contributed by atoms with E-state index in [2.05, 4.69) is 5.32 Å². The second-order valence-electron chi connectivity index (χ2n) is 4.83. The van der Waals surface area contributed by atoms with Gasteiger partial charge in [0.2, 0.25) is 0 Å². The summed E-state index contributed by atoms with van der Waals surface area (Å²) >= 11 is 0. The van der Waals surface area contributed by atoms with E-state index in [0.717, 1.165) is 0 Å². The van der Waals surface area contributed by atoms with E-state index in [1.54, 1.807) is 50.2 Å². The summed E-state index contributed by atoms with van der Waals surface area (Å²) in [6.07, 6.45) is 1.55. The highest BCUT2D eigenvalue weighted by molar-refractivity contribution is 5.98. The number of hydrogen-bond donors (Lipinski definition) is 2. The van der Waals surface area contributed by atoms with Gasteiger partial charge in [0.1, 0.15) is 12.0 Å². The number of carbonyl (C=O) groups is 2. The van der Waals surface area contributed by atoms with Gasteiger partial charge in [-0.05, 0) is 25.0 Å². The van der Waals surface area contributed by atoms with Crippen molar-refractivity contribution in [1.82, 2.24) is 5.32 Å². The number of aryl methyl sites for hydroxylation is 1. The first kappa shape index (κ1) is 14.8. The number of carbonyl (C=O) groups excluding carboxylic acids is 1. The van der Waals surface area contributed by atoms with Crippen LogP contribution in [-0.4, -0.2) is 17.0 Å². The predicted molar refractivity (Wildman–Crippen MR) is 77.0 cm³/mol. The Morgan fingerprint density at radius 1 is 1.29 bits per heavy atom. The predicted octanol–water partition coefficient (Wildman–Crippen LogP) is 2.71. The topological polar surface area (TPSA) is 79.5 Å². The molecule has 0 bridgehead atoms. The van der Waals surface area contributed by atoms with Crippen molar-refractivity contribution in [3.8, 4) is 0 Å². The lowest BCUT2D eigenvalue weighted by molar-refractivity contribution is -0.145. The van der Waals surface area contributed by atoms with Crippen molar-refractivity contribution in [2.75, 3.05) is 0 Å². The number of benzene rings is 1. The summed E-state index contributed by atoms with van der Waals surface area (Å²) in [5, 5.41) is 12.3. The van der Waals surface area contributed by atoms with E-state index >= 15 is 0 Å². The number of furan rings is 1.